The Bertz CT molecular complexity index is 567. The van der Waals surface area contributed by atoms with Crippen LogP contribution < -0.4 is 10.6 Å². The Hall–Kier alpha value is -1.75. The second-order valence-electron chi connectivity index (χ2n) is 5.81. The molecular formula is C16H19FN2O2. The van der Waals surface area contributed by atoms with Gasteiger partial charge in [0.1, 0.15) is 5.82 Å². The molecule has 0 radical (unpaired) electrons. The Balaban J connectivity index is 1.81. The minimum Gasteiger partial charge on any atom is -0.317 e. The van der Waals surface area contributed by atoms with Gasteiger partial charge >= 0.3 is 0 Å². The molecule has 2 saturated heterocycles. The van der Waals surface area contributed by atoms with Gasteiger partial charge in [-0.15, -0.1) is 0 Å². The van der Waals surface area contributed by atoms with E-state index in [9.17, 15) is 14.0 Å². The van der Waals surface area contributed by atoms with Crippen molar-refractivity contribution < 1.29 is 14.0 Å². The Morgan fingerprint density at radius 1 is 1.10 bits per heavy atom. The summed E-state index contributed by atoms with van der Waals surface area (Å²) in [6.07, 6.45) is 2.68. The molecule has 2 fully saturated rings. The molecule has 2 aliphatic rings. The summed E-state index contributed by atoms with van der Waals surface area (Å²) in [4.78, 5) is 23.0. The van der Waals surface area contributed by atoms with Gasteiger partial charge in [0.05, 0.1) is 5.92 Å². The Morgan fingerprint density at radius 2 is 1.86 bits per heavy atom. The highest BCUT2D eigenvalue weighted by Crippen LogP contribution is 2.31. The summed E-state index contributed by atoms with van der Waals surface area (Å²) >= 11 is 0. The van der Waals surface area contributed by atoms with Crippen molar-refractivity contribution in [1.29, 1.82) is 0 Å². The molecule has 3 rings (SSSR count). The second kappa shape index (κ2) is 5.93. The lowest BCUT2D eigenvalue weighted by Gasteiger charge is -2.25. The molecule has 2 aliphatic heterocycles. The van der Waals surface area contributed by atoms with Crippen molar-refractivity contribution in [2.24, 2.45) is 0 Å². The molecule has 1 unspecified atom stereocenters. The predicted octanol–water partition coefficient (Wildman–Crippen LogP) is 1.81. The van der Waals surface area contributed by atoms with E-state index in [0.29, 0.717) is 17.9 Å². The number of carbonyl (C=O) groups excluding carboxylic acids is 2. The summed E-state index contributed by atoms with van der Waals surface area (Å²) < 4.78 is 14.4. The molecule has 0 saturated carbocycles. The first-order valence-corrected chi connectivity index (χ1v) is 7.49. The van der Waals surface area contributed by atoms with Crippen LogP contribution in [0.5, 0.6) is 0 Å². The Morgan fingerprint density at radius 3 is 2.52 bits per heavy atom. The molecule has 21 heavy (non-hydrogen) atoms. The van der Waals surface area contributed by atoms with Crippen LogP contribution in [0.15, 0.2) is 18.2 Å². The van der Waals surface area contributed by atoms with Crippen molar-refractivity contribution in [1.82, 2.24) is 10.6 Å². The molecule has 1 atom stereocenters. The largest absolute Gasteiger partial charge is 0.317 e. The number of hydrogen-bond acceptors (Lipinski definition) is 3. The first-order chi connectivity index (χ1) is 10.1. The second-order valence-corrected chi connectivity index (χ2v) is 5.81. The number of amides is 2. The fourth-order valence-electron chi connectivity index (χ4n) is 3.23. The van der Waals surface area contributed by atoms with Gasteiger partial charge in [0, 0.05) is 12.0 Å². The van der Waals surface area contributed by atoms with Crippen LogP contribution in [-0.4, -0.2) is 24.9 Å². The van der Waals surface area contributed by atoms with Gasteiger partial charge in [-0.05, 0) is 49.9 Å². The monoisotopic (exact) mass is 290 g/mol. The summed E-state index contributed by atoms with van der Waals surface area (Å²) in [5.41, 5.74) is 1.41. The molecule has 1 aromatic carbocycles. The zero-order valence-corrected chi connectivity index (χ0v) is 11.8. The molecule has 2 N–H and O–H groups in total. The van der Waals surface area contributed by atoms with Crippen LogP contribution in [0.3, 0.4) is 0 Å². The highest BCUT2D eigenvalue weighted by atomic mass is 19.1. The summed E-state index contributed by atoms with van der Waals surface area (Å²) in [6.45, 7) is 1.92. The first-order valence-electron chi connectivity index (χ1n) is 7.49. The van der Waals surface area contributed by atoms with Crippen molar-refractivity contribution in [3.8, 4) is 0 Å². The van der Waals surface area contributed by atoms with Crippen molar-refractivity contribution >= 4 is 11.8 Å². The van der Waals surface area contributed by atoms with Crippen LogP contribution in [0.2, 0.25) is 0 Å². The third-order valence-corrected chi connectivity index (χ3v) is 4.45. The lowest BCUT2D eigenvalue weighted by Crippen LogP contribution is -2.39. The van der Waals surface area contributed by atoms with Crippen molar-refractivity contribution in [3.63, 3.8) is 0 Å². The number of imide groups is 1. The topological polar surface area (TPSA) is 58.2 Å². The van der Waals surface area contributed by atoms with Gasteiger partial charge < -0.3 is 5.32 Å². The quantitative estimate of drug-likeness (QED) is 0.817. The van der Waals surface area contributed by atoms with Crippen LogP contribution >= 0.6 is 0 Å². The van der Waals surface area contributed by atoms with Gasteiger partial charge in [-0.2, -0.15) is 0 Å². The molecule has 1 aromatic rings. The molecular weight excluding hydrogens is 271 g/mol. The molecule has 2 amide bonds. The third-order valence-electron chi connectivity index (χ3n) is 4.45. The maximum absolute atomic E-state index is 14.4. The molecule has 4 nitrogen and oxygen atoms in total. The average Bonchev–Trinajstić information content (AvgIpc) is 2.49. The number of nitrogens with one attached hydrogen (secondary N) is 2. The first kappa shape index (κ1) is 14.2. The standard InChI is InChI=1S/C16H19FN2O2/c17-14-9-11(10-5-7-18-8-6-10)1-2-12(14)13-3-4-15(20)19-16(13)21/h1-2,9-10,13,18H,3-8H2,(H,19,20,21). The Labute approximate surface area is 123 Å². The fourth-order valence-corrected chi connectivity index (χ4v) is 3.23. The summed E-state index contributed by atoms with van der Waals surface area (Å²) in [7, 11) is 0. The van der Waals surface area contributed by atoms with Gasteiger partial charge in [0.2, 0.25) is 11.8 Å². The molecule has 0 aliphatic carbocycles. The lowest BCUT2D eigenvalue weighted by atomic mass is 9.86. The van der Waals surface area contributed by atoms with E-state index in [1.807, 2.05) is 6.07 Å². The van der Waals surface area contributed by atoms with Crippen LogP contribution in [0.1, 0.15) is 48.6 Å². The smallest absolute Gasteiger partial charge is 0.234 e. The summed E-state index contributed by atoms with van der Waals surface area (Å²) in [6, 6.07) is 5.21. The SMILES string of the molecule is O=C1CCC(c2ccc(C3CCNCC3)cc2F)C(=O)N1. The molecule has 0 aromatic heterocycles. The highest BCUT2D eigenvalue weighted by molar-refractivity contribution is 6.00. The Kier molecular flexibility index (Phi) is 4.01. The number of benzene rings is 1. The fraction of sp³-hybridized carbons (Fsp3) is 0.500. The summed E-state index contributed by atoms with van der Waals surface area (Å²) in [5.74, 6) is -1.16. The van der Waals surface area contributed by atoms with E-state index in [0.717, 1.165) is 31.5 Å². The minimum absolute atomic E-state index is 0.270. The van der Waals surface area contributed by atoms with Crippen LogP contribution in [-0.2, 0) is 9.59 Å². The number of piperidine rings is 2. The van der Waals surface area contributed by atoms with E-state index in [2.05, 4.69) is 10.6 Å². The third kappa shape index (κ3) is 2.97. The van der Waals surface area contributed by atoms with Crippen molar-refractivity contribution in [3.05, 3.63) is 35.1 Å². The highest BCUT2D eigenvalue weighted by Gasteiger charge is 2.30. The average molecular weight is 290 g/mol. The van der Waals surface area contributed by atoms with E-state index in [-0.39, 0.29) is 24.1 Å². The van der Waals surface area contributed by atoms with E-state index >= 15 is 0 Å². The maximum Gasteiger partial charge on any atom is 0.234 e. The zero-order chi connectivity index (χ0) is 14.8. The van der Waals surface area contributed by atoms with Crippen molar-refractivity contribution in [2.75, 3.05) is 13.1 Å². The van der Waals surface area contributed by atoms with Gasteiger partial charge in [-0.3, -0.25) is 14.9 Å². The van der Waals surface area contributed by atoms with E-state index in [1.165, 1.54) is 0 Å². The maximum atomic E-state index is 14.4. The van der Waals surface area contributed by atoms with Gasteiger partial charge in [0.25, 0.3) is 0 Å². The van der Waals surface area contributed by atoms with E-state index in [1.54, 1.807) is 12.1 Å². The predicted molar refractivity (Wildman–Crippen MR) is 76.4 cm³/mol. The van der Waals surface area contributed by atoms with Gasteiger partial charge in [-0.1, -0.05) is 12.1 Å². The van der Waals surface area contributed by atoms with Crippen LogP contribution in [0.25, 0.3) is 0 Å². The van der Waals surface area contributed by atoms with Crippen LogP contribution in [0.4, 0.5) is 4.39 Å². The number of halogens is 1. The molecule has 2 heterocycles. The molecule has 0 spiro atoms. The normalized spacial score (nSPS) is 24.0. The number of rotatable bonds is 2. The molecule has 5 heteroatoms. The minimum atomic E-state index is -0.551. The summed E-state index contributed by atoms with van der Waals surface area (Å²) in [5, 5.41) is 5.57. The van der Waals surface area contributed by atoms with Crippen molar-refractivity contribution in [2.45, 2.75) is 37.5 Å². The van der Waals surface area contributed by atoms with E-state index in [4.69, 9.17) is 0 Å². The lowest BCUT2D eigenvalue weighted by molar-refractivity contribution is -0.134. The van der Waals surface area contributed by atoms with Gasteiger partial charge in [-0.25, -0.2) is 4.39 Å². The van der Waals surface area contributed by atoms with Gasteiger partial charge in [0.15, 0.2) is 0 Å². The van der Waals surface area contributed by atoms with E-state index < -0.39 is 5.92 Å². The zero-order valence-electron chi connectivity index (χ0n) is 11.8. The number of hydrogen-bond donors (Lipinski definition) is 2. The molecule has 112 valence electrons. The van der Waals surface area contributed by atoms with Crippen LogP contribution in [0, 0.1) is 5.82 Å². The molecule has 0 bridgehead atoms. The number of carbonyl (C=O) groups is 2.